The smallest absolute Gasteiger partial charge is 0.252 e. The Kier molecular flexibility index (Phi) is 5.92. The highest BCUT2D eigenvalue weighted by Crippen LogP contribution is 2.21. The van der Waals surface area contributed by atoms with Crippen molar-refractivity contribution in [2.45, 2.75) is 13.2 Å². The molecule has 4 aromatic rings. The van der Waals surface area contributed by atoms with E-state index in [4.69, 9.17) is 4.74 Å². The van der Waals surface area contributed by atoms with Crippen LogP contribution in [0.2, 0.25) is 0 Å². The molecule has 5 nitrogen and oxygen atoms in total. The van der Waals surface area contributed by atoms with Crippen LogP contribution in [0.1, 0.15) is 20.9 Å². The normalized spacial score (nSPS) is 10.5. The van der Waals surface area contributed by atoms with Crippen LogP contribution >= 0.6 is 11.3 Å². The van der Waals surface area contributed by atoms with Crippen LogP contribution in [0.5, 0.6) is 5.75 Å². The number of aromatic nitrogens is 2. The minimum Gasteiger partial charge on any atom is -0.489 e. The number of benzene rings is 2. The molecule has 2 aromatic carbocycles. The number of carbonyl (C=O) groups is 1. The summed E-state index contributed by atoms with van der Waals surface area (Å²) >= 11 is 1.52. The lowest BCUT2D eigenvalue weighted by Gasteiger charge is -2.11. The molecule has 0 aliphatic carbocycles. The van der Waals surface area contributed by atoms with E-state index in [2.05, 4.69) is 15.3 Å². The zero-order chi connectivity index (χ0) is 19.9. The fourth-order valence-corrected chi connectivity index (χ4v) is 3.59. The first-order valence-electron chi connectivity index (χ1n) is 9.18. The standard InChI is InChI=1S/C23H19N3O2S/c27-23(25-14-22-26-21(16-29-22)17-10-12-24-13-11-17)20-9-5-4-6-18(20)15-28-19-7-2-1-3-8-19/h1-13,16H,14-15H2,(H,25,27). The average Bonchev–Trinajstić information content (AvgIpc) is 3.27. The molecular weight excluding hydrogens is 382 g/mol. The van der Waals surface area contributed by atoms with Gasteiger partial charge in [0.25, 0.3) is 5.91 Å². The number of rotatable bonds is 7. The van der Waals surface area contributed by atoms with Crippen LogP contribution in [-0.4, -0.2) is 15.9 Å². The van der Waals surface area contributed by atoms with E-state index in [0.29, 0.717) is 18.7 Å². The molecule has 2 aromatic heterocycles. The molecule has 29 heavy (non-hydrogen) atoms. The number of thiazole rings is 1. The summed E-state index contributed by atoms with van der Waals surface area (Å²) in [5.41, 5.74) is 3.34. The van der Waals surface area contributed by atoms with Crippen LogP contribution < -0.4 is 10.1 Å². The van der Waals surface area contributed by atoms with Crippen molar-refractivity contribution in [3.8, 4) is 17.0 Å². The predicted molar refractivity (Wildman–Crippen MR) is 114 cm³/mol. The van der Waals surface area contributed by atoms with E-state index >= 15 is 0 Å². The molecule has 2 heterocycles. The number of para-hydroxylation sites is 1. The Labute approximate surface area is 173 Å². The Balaban J connectivity index is 1.39. The maximum Gasteiger partial charge on any atom is 0.252 e. The molecule has 0 aliphatic rings. The maximum atomic E-state index is 12.7. The minimum atomic E-state index is -0.141. The van der Waals surface area contributed by atoms with E-state index in [0.717, 1.165) is 27.6 Å². The summed E-state index contributed by atoms with van der Waals surface area (Å²) in [7, 11) is 0. The monoisotopic (exact) mass is 401 g/mol. The topological polar surface area (TPSA) is 64.1 Å². The molecule has 0 bridgehead atoms. The highest BCUT2D eigenvalue weighted by molar-refractivity contribution is 7.09. The number of hydrogen-bond acceptors (Lipinski definition) is 5. The fourth-order valence-electron chi connectivity index (χ4n) is 2.84. The first-order chi connectivity index (χ1) is 14.3. The van der Waals surface area contributed by atoms with Gasteiger partial charge < -0.3 is 10.1 Å². The van der Waals surface area contributed by atoms with Crippen molar-refractivity contribution in [2.24, 2.45) is 0 Å². The lowest BCUT2D eigenvalue weighted by molar-refractivity contribution is 0.0948. The number of pyridine rings is 1. The first-order valence-corrected chi connectivity index (χ1v) is 10.1. The SMILES string of the molecule is O=C(NCc1nc(-c2ccncc2)cs1)c1ccccc1COc1ccccc1. The molecule has 144 valence electrons. The van der Waals surface area contributed by atoms with E-state index in [-0.39, 0.29) is 5.91 Å². The largest absolute Gasteiger partial charge is 0.489 e. The van der Waals surface area contributed by atoms with E-state index in [1.807, 2.05) is 72.1 Å². The molecule has 0 saturated heterocycles. The summed E-state index contributed by atoms with van der Waals surface area (Å²) in [5, 5.41) is 5.79. The van der Waals surface area contributed by atoms with Crippen molar-refractivity contribution in [3.05, 3.63) is 101 Å². The summed E-state index contributed by atoms with van der Waals surface area (Å²) in [6.45, 7) is 0.708. The van der Waals surface area contributed by atoms with Crippen LogP contribution in [-0.2, 0) is 13.2 Å². The van der Waals surface area contributed by atoms with Crippen molar-refractivity contribution in [1.29, 1.82) is 0 Å². The summed E-state index contributed by atoms with van der Waals surface area (Å²) in [5.74, 6) is 0.632. The third-order valence-electron chi connectivity index (χ3n) is 4.33. The van der Waals surface area contributed by atoms with Crippen molar-refractivity contribution >= 4 is 17.2 Å². The second kappa shape index (κ2) is 9.12. The van der Waals surface area contributed by atoms with E-state index in [1.165, 1.54) is 11.3 Å². The van der Waals surface area contributed by atoms with Crippen LogP contribution in [0.25, 0.3) is 11.3 Å². The third-order valence-corrected chi connectivity index (χ3v) is 5.18. The molecule has 4 rings (SSSR count). The highest BCUT2D eigenvalue weighted by atomic mass is 32.1. The Morgan fingerprint density at radius 2 is 1.72 bits per heavy atom. The summed E-state index contributed by atoms with van der Waals surface area (Å²) in [6.07, 6.45) is 3.48. The fraction of sp³-hybridized carbons (Fsp3) is 0.0870. The number of hydrogen-bond donors (Lipinski definition) is 1. The van der Waals surface area contributed by atoms with Gasteiger partial charge in [-0.1, -0.05) is 36.4 Å². The van der Waals surface area contributed by atoms with Gasteiger partial charge in [0.05, 0.1) is 12.2 Å². The van der Waals surface area contributed by atoms with Gasteiger partial charge in [0, 0.05) is 34.5 Å². The van der Waals surface area contributed by atoms with Gasteiger partial charge in [-0.15, -0.1) is 11.3 Å². The van der Waals surface area contributed by atoms with Gasteiger partial charge in [-0.3, -0.25) is 9.78 Å². The van der Waals surface area contributed by atoms with Gasteiger partial charge in [0.1, 0.15) is 17.4 Å². The molecule has 0 unspecified atom stereocenters. The number of carbonyl (C=O) groups excluding carboxylic acids is 1. The molecule has 0 radical (unpaired) electrons. The van der Waals surface area contributed by atoms with Crippen molar-refractivity contribution in [2.75, 3.05) is 0 Å². The van der Waals surface area contributed by atoms with Gasteiger partial charge in [0.15, 0.2) is 0 Å². The van der Waals surface area contributed by atoms with Crippen LogP contribution in [0.4, 0.5) is 0 Å². The minimum absolute atomic E-state index is 0.141. The van der Waals surface area contributed by atoms with Crippen LogP contribution in [0.3, 0.4) is 0 Å². The van der Waals surface area contributed by atoms with Gasteiger partial charge >= 0.3 is 0 Å². The molecule has 6 heteroatoms. The summed E-state index contributed by atoms with van der Waals surface area (Å²) in [4.78, 5) is 21.3. The first kappa shape index (κ1) is 18.8. The lowest BCUT2D eigenvalue weighted by atomic mass is 10.1. The van der Waals surface area contributed by atoms with Crippen LogP contribution in [0, 0.1) is 0 Å². The van der Waals surface area contributed by atoms with Crippen molar-refractivity contribution in [1.82, 2.24) is 15.3 Å². The van der Waals surface area contributed by atoms with Gasteiger partial charge in [-0.25, -0.2) is 4.98 Å². The van der Waals surface area contributed by atoms with Crippen molar-refractivity contribution < 1.29 is 9.53 Å². The second-order valence-corrected chi connectivity index (χ2v) is 7.25. The highest BCUT2D eigenvalue weighted by Gasteiger charge is 2.12. The summed E-state index contributed by atoms with van der Waals surface area (Å²) in [6, 6.07) is 20.9. The summed E-state index contributed by atoms with van der Waals surface area (Å²) < 4.78 is 5.80. The number of nitrogens with zero attached hydrogens (tertiary/aromatic N) is 2. The Morgan fingerprint density at radius 3 is 2.55 bits per heavy atom. The Morgan fingerprint density at radius 1 is 0.966 bits per heavy atom. The lowest BCUT2D eigenvalue weighted by Crippen LogP contribution is -2.24. The predicted octanol–water partition coefficient (Wildman–Crippen LogP) is 4.71. The Bertz CT molecular complexity index is 1080. The Hall–Kier alpha value is -3.51. The van der Waals surface area contributed by atoms with E-state index in [1.54, 1.807) is 12.4 Å². The second-order valence-electron chi connectivity index (χ2n) is 6.30. The third kappa shape index (κ3) is 4.86. The molecule has 0 fully saturated rings. The molecule has 0 saturated carbocycles. The molecule has 0 spiro atoms. The molecule has 1 N–H and O–H groups in total. The number of ether oxygens (including phenoxy) is 1. The zero-order valence-electron chi connectivity index (χ0n) is 15.6. The zero-order valence-corrected chi connectivity index (χ0v) is 16.4. The van der Waals surface area contributed by atoms with Gasteiger partial charge in [-0.05, 0) is 30.3 Å². The van der Waals surface area contributed by atoms with Gasteiger partial charge in [-0.2, -0.15) is 0 Å². The average molecular weight is 401 g/mol. The number of nitrogens with one attached hydrogen (secondary N) is 1. The maximum absolute atomic E-state index is 12.7. The van der Waals surface area contributed by atoms with E-state index in [9.17, 15) is 4.79 Å². The molecular formula is C23H19N3O2S. The molecule has 1 amide bonds. The quantitative estimate of drug-likeness (QED) is 0.487. The van der Waals surface area contributed by atoms with E-state index < -0.39 is 0 Å². The van der Waals surface area contributed by atoms with Crippen molar-refractivity contribution in [3.63, 3.8) is 0 Å². The molecule has 0 aliphatic heterocycles. The van der Waals surface area contributed by atoms with Crippen LogP contribution in [0.15, 0.2) is 84.5 Å². The molecule has 0 atom stereocenters. The van der Waals surface area contributed by atoms with Gasteiger partial charge in [0.2, 0.25) is 0 Å². The number of amides is 1.